The van der Waals surface area contributed by atoms with E-state index in [1.807, 2.05) is 24.3 Å². The molecule has 1 aliphatic heterocycles. The molecule has 0 radical (unpaired) electrons. The number of para-hydroxylation sites is 2. The Hall–Kier alpha value is -2.15. The number of anilines is 1. The number of ether oxygens (including phenoxy) is 2. The number of thiocarbonyl (C=S) groups is 1. The summed E-state index contributed by atoms with van der Waals surface area (Å²) in [7, 11) is 1.71. The molecule has 0 amide bonds. The monoisotopic (exact) mass is 413 g/mol. The first-order valence-electron chi connectivity index (χ1n) is 10.3. The van der Waals surface area contributed by atoms with Gasteiger partial charge in [0.2, 0.25) is 0 Å². The summed E-state index contributed by atoms with van der Waals surface area (Å²) < 4.78 is 11.0. The predicted molar refractivity (Wildman–Crippen MR) is 123 cm³/mol. The highest BCUT2D eigenvalue weighted by molar-refractivity contribution is 7.80. The van der Waals surface area contributed by atoms with Gasteiger partial charge in [-0.05, 0) is 36.3 Å². The largest absolute Gasteiger partial charge is 0.496 e. The fourth-order valence-electron chi connectivity index (χ4n) is 3.52. The first-order chi connectivity index (χ1) is 14.2. The molecule has 156 valence electrons. The van der Waals surface area contributed by atoms with Crippen molar-refractivity contribution in [2.45, 2.75) is 19.9 Å². The van der Waals surface area contributed by atoms with Crippen LogP contribution in [-0.2, 0) is 17.7 Å². The average Bonchev–Trinajstić information content (AvgIpc) is 2.77. The predicted octanol–water partition coefficient (Wildman–Crippen LogP) is 3.79. The zero-order chi connectivity index (χ0) is 20.5. The minimum Gasteiger partial charge on any atom is -0.496 e. The van der Waals surface area contributed by atoms with Crippen LogP contribution in [0.2, 0.25) is 0 Å². The maximum absolute atomic E-state index is 5.84. The highest BCUT2D eigenvalue weighted by atomic mass is 32.1. The maximum atomic E-state index is 5.84. The summed E-state index contributed by atoms with van der Waals surface area (Å²) in [6.45, 7) is 8.22. The molecule has 1 saturated heterocycles. The molecule has 3 rings (SSSR count). The van der Waals surface area contributed by atoms with E-state index in [0.29, 0.717) is 6.54 Å². The number of morpholine rings is 1. The number of hydrogen-bond acceptors (Lipinski definition) is 4. The van der Waals surface area contributed by atoms with Gasteiger partial charge in [-0.3, -0.25) is 4.90 Å². The van der Waals surface area contributed by atoms with Crippen LogP contribution in [0.25, 0.3) is 0 Å². The second-order valence-corrected chi connectivity index (χ2v) is 7.51. The second kappa shape index (κ2) is 11.1. The zero-order valence-electron chi connectivity index (χ0n) is 17.4. The molecule has 29 heavy (non-hydrogen) atoms. The summed E-state index contributed by atoms with van der Waals surface area (Å²) in [5, 5.41) is 4.22. The van der Waals surface area contributed by atoms with Crippen molar-refractivity contribution < 1.29 is 9.47 Å². The Morgan fingerprint density at radius 3 is 2.52 bits per heavy atom. The lowest BCUT2D eigenvalue weighted by Crippen LogP contribution is -2.44. The van der Waals surface area contributed by atoms with E-state index in [1.165, 1.54) is 5.56 Å². The summed E-state index contributed by atoms with van der Waals surface area (Å²) in [5.74, 6) is 0.889. The van der Waals surface area contributed by atoms with E-state index in [4.69, 9.17) is 21.7 Å². The van der Waals surface area contributed by atoms with Crippen LogP contribution in [0.4, 0.5) is 5.69 Å². The van der Waals surface area contributed by atoms with Crippen molar-refractivity contribution in [1.82, 2.24) is 9.80 Å². The van der Waals surface area contributed by atoms with Gasteiger partial charge in [-0.1, -0.05) is 43.3 Å². The summed E-state index contributed by atoms with van der Waals surface area (Å²) >= 11 is 5.84. The molecular weight excluding hydrogens is 382 g/mol. The first kappa shape index (κ1) is 21.6. The lowest BCUT2D eigenvalue weighted by molar-refractivity contribution is 0.0358. The average molecular weight is 414 g/mol. The van der Waals surface area contributed by atoms with Crippen molar-refractivity contribution in [2.75, 3.05) is 51.8 Å². The fraction of sp³-hybridized carbons (Fsp3) is 0.435. The third-order valence-electron chi connectivity index (χ3n) is 5.27. The number of nitrogens with one attached hydrogen (secondary N) is 1. The van der Waals surface area contributed by atoms with Crippen LogP contribution in [0.1, 0.15) is 18.1 Å². The van der Waals surface area contributed by atoms with E-state index in [0.717, 1.165) is 67.9 Å². The van der Waals surface area contributed by atoms with Crippen molar-refractivity contribution >= 4 is 23.0 Å². The highest BCUT2D eigenvalue weighted by Crippen LogP contribution is 2.21. The zero-order valence-corrected chi connectivity index (χ0v) is 18.2. The van der Waals surface area contributed by atoms with Gasteiger partial charge in [0.1, 0.15) is 5.75 Å². The number of methoxy groups -OCH3 is 1. The smallest absolute Gasteiger partial charge is 0.173 e. The van der Waals surface area contributed by atoms with Crippen LogP contribution >= 0.6 is 12.2 Å². The van der Waals surface area contributed by atoms with Gasteiger partial charge < -0.3 is 19.7 Å². The molecule has 1 N–H and O–H groups in total. The van der Waals surface area contributed by atoms with E-state index >= 15 is 0 Å². The number of aryl methyl sites for hydroxylation is 1. The molecule has 2 aromatic carbocycles. The molecular formula is C23H31N3O2S. The molecule has 0 saturated carbocycles. The minimum atomic E-state index is 0.703. The lowest BCUT2D eigenvalue weighted by atomic mass is 10.1. The topological polar surface area (TPSA) is 37.0 Å². The molecule has 1 fully saturated rings. The number of benzene rings is 2. The molecule has 1 aliphatic rings. The van der Waals surface area contributed by atoms with Crippen LogP contribution in [0.3, 0.4) is 0 Å². The Morgan fingerprint density at radius 1 is 1.10 bits per heavy atom. The number of rotatable bonds is 8. The molecule has 6 heteroatoms. The van der Waals surface area contributed by atoms with Crippen LogP contribution in [0, 0.1) is 0 Å². The minimum absolute atomic E-state index is 0.703. The Kier molecular flexibility index (Phi) is 8.28. The SMILES string of the molecule is CCc1ccccc1NC(=S)N(CCN1CCOCC1)Cc1ccccc1OC. The molecule has 0 spiro atoms. The number of hydrogen-bond donors (Lipinski definition) is 1. The first-order valence-corrected chi connectivity index (χ1v) is 10.7. The summed E-state index contributed by atoms with van der Waals surface area (Å²) in [4.78, 5) is 4.66. The van der Waals surface area contributed by atoms with Crippen LogP contribution in [-0.4, -0.2) is 61.4 Å². The molecule has 0 aliphatic carbocycles. The van der Waals surface area contributed by atoms with E-state index in [2.05, 4.69) is 46.3 Å². The Balaban J connectivity index is 1.74. The van der Waals surface area contributed by atoms with Gasteiger partial charge in [0, 0.05) is 44.0 Å². The van der Waals surface area contributed by atoms with Crippen LogP contribution in [0.5, 0.6) is 5.75 Å². The Morgan fingerprint density at radius 2 is 1.79 bits per heavy atom. The molecule has 0 bridgehead atoms. The van der Waals surface area contributed by atoms with Crippen molar-refractivity contribution in [3.8, 4) is 5.75 Å². The van der Waals surface area contributed by atoms with Gasteiger partial charge in [-0.15, -0.1) is 0 Å². The molecule has 5 nitrogen and oxygen atoms in total. The van der Waals surface area contributed by atoms with E-state index < -0.39 is 0 Å². The second-order valence-electron chi connectivity index (χ2n) is 7.13. The van der Waals surface area contributed by atoms with Gasteiger partial charge in [0.25, 0.3) is 0 Å². The van der Waals surface area contributed by atoms with Crippen LogP contribution < -0.4 is 10.1 Å². The van der Waals surface area contributed by atoms with Crippen molar-refractivity contribution in [2.24, 2.45) is 0 Å². The summed E-state index contributed by atoms with van der Waals surface area (Å²) in [6.07, 6.45) is 0.964. The lowest BCUT2D eigenvalue weighted by Gasteiger charge is -2.32. The van der Waals surface area contributed by atoms with Crippen molar-refractivity contribution in [1.29, 1.82) is 0 Å². The highest BCUT2D eigenvalue weighted by Gasteiger charge is 2.17. The molecule has 0 unspecified atom stereocenters. The van der Waals surface area contributed by atoms with Gasteiger partial charge >= 0.3 is 0 Å². The van der Waals surface area contributed by atoms with Gasteiger partial charge in [0.05, 0.1) is 20.3 Å². The quantitative estimate of drug-likeness (QED) is 0.664. The molecule has 1 heterocycles. The van der Waals surface area contributed by atoms with Crippen LogP contribution in [0.15, 0.2) is 48.5 Å². The van der Waals surface area contributed by atoms with E-state index in [1.54, 1.807) is 7.11 Å². The standard InChI is InChI=1S/C23H31N3O2S/c1-3-19-8-4-6-10-21(19)24-23(29)26(13-12-25-14-16-28-17-15-25)18-20-9-5-7-11-22(20)27-2/h4-11H,3,12-18H2,1-2H3,(H,24,29). The van der Waals surface area contributed by atoms with Gasteiger partial charge in [-0.2, -0.15) is 0 Å². The van der Waals surface area contributed by atoms with Crippen molar-refractivity contribution in [3.05, 3.63) is 59.7 Å². The third kappa shape index (κ3) is 6.16. The normalized spacial score (nSPS) is 14.4. The third-order valence-corrected chi connectivity index (χ3v) is 5.63. The van der Waals surface area contributed by atoms with E-state index in [-0.39, 0.29) is 0 Å². The molecule has 0 atom stereocenters. The Labute approximate surface area is 179 Å². The summed E-state index contributed by atoms with van der Waals surface area (Å²) in [5.41, 5.74) is 3.47. The Bertz CT molecular complexity index is 793. The van der Waals surface area contributed by atoms with Gasteiger partial charge in [-0.25, -0.2) is 0 Å². The van der Waals surface area contributed by atoms with E-state index in [9.17, 15) is 0 Å². The number of nitrogens with zero attached hydrogens (tertiary/aromatic N) is 2. The molecule has 0 aromatic heterocycles. The summed E-state index contributed by atoms with van der Waals surface area (Å²) in [6, 6.07) is 16.5. The fourth-order valence-corrected chi connectivity index (χ4v) is 3.79. The van der Waals surface area contributed by atoms with Crippen molar-refractivity contribution in [3.63, 3.8) is 0 Å². The molecule has 2 aromatic rings. The van der Waals surface area contributed by atoms with Gasteiger partial charge in [0.15, 0.2) is 5.11 Å². The maximum Gasteiger partial charge on any atom is 0.173 e.